The van der Waals surface area contributed by atoms with E-state index in [-0.39, 0.29) is 0 Å². The van der Waals surface area contributed by atoms with Gasteiger partial charge in [-0.3, -0.25) is 0 Å². The fraction of sp³-hybridized carbons (Fsp3) is 0.300. The highest BCUT2D eigenvalue weighted by atomic mass is 16.4. The molecule has 0 aromatic heterocycles. The second-order valence-corrected chi connectivity index (χ2v) is 2.24. The van der Waals surface area contributed by atoms with Gasteiger partial charge in [-0.1, -0.05) is 37.3 Å². The van der Waals surface area contributed by atoms with E-state index in [0.29, 0.717) is 0 Å². The summed E-state index contributed by atoms with van der Waals surface area (Å²) < 4.78 is 0. The van der Waals surface area contributed by atoms with Crippen LogP contribution in [0.2, 0.25) is 0 Å². The summed E-state index contributed by atoms with van der Waals surface area (Å²) in [6.45, 7) is 2.07. The minimum atomic E-state index is -0.913. The number of carbonyl (C=O) groups is 1. The Morgan fingerprint density at radius 3 is 2.58 bits per heavy atom. The molecule has 0 aliphatic carbocycles. The van der Waals surface area contributed by atoms with E-state index in [1.165, 1.54) is 6.08 Å². The third kappa shape index (κ3) is 8.69. The van der Waals surface area contributed by atoms with Crippen LogP contribution in [0.1, 0.15) is 19.8 Å². The van der Waals surface area contributed by atoms with Crippen molar-refractivity contribution in [2.75, 3.05) is 0 Å². The van der Waals surface area contributed by atoms with Gasteiger partial charge in [-0.05, 0) is 12.8 Å². The quantitative estimate of drug-likeness (QED) is 0.387. The summed E-state index contributed by atoms with van der Waals surface area (Å²) in [5.74, 6) is -0.913. The van der Waals surface area contributed by atoms with E-state index >= 15 is 0 Å². The maximum absolute atomic E-state index is 10.00. The molecule has 0 saturated carbocycles. The molecule has 0 amide bonds. The Hall–Kier alpha value is -1.31. The van der Waals surface area contributed by atoms with Crippen LogP contribution < -0.4 is 0 Å². The van der Waals surface area contributed by atoms with Gasteiger partial charge in [0.15, 0.2) is 0 Å². The minimum absolute atomic E-state index is 0.859. The second kappa shape index (κ2) is 7.79. The molecule has 2 heteroatoms. The van der Waals surface area contributed by atoms with E-state index in [0.717, 1.165) is 18.9 Å². The third-order valence-corrected chi connectivity index (χ3v) is 1.16. The van der Waals surface area contributed by atoms with E-state index in [2.05, 4.69) is 13.0 Å². The predicted octanol–water partition coefficient (Wildman–Crippen LogP) is 2.54. The summed E-state index contributed by atoms with van der Waals surface area (Å²) in [4.78, 5) is 10.00. The van der Waals surface area contributed by atoms with Gasteiger partial charge < -0.3 is 5.11 Å². The maximum Gasteiger partial charge on any atom is 0.328 e. The van der Waals surface area contributed by atoms with Gasteiger partial charge in [-0.25, -0.2) is 4.79 Å². The first-order valence-electron chi connectivity index (χ1n) is 3.98. The molecule has 0 bridgehead atoms. The van der Waals surface area contributed by atoms with Crippen molar-refractivity contribution in [3.8, 4) is 0 Å². The van der Waals surface area contributed by atoms with Crippen LogP contribution >= 0.6 is 0 Å². The van der Waals surface area contributed by atoms with Gasteiger partial charge >= 0.3 is 5.97 Å². The molecule has 12 heavy (non-hydrogen) atoms. The molecule has 0 spiro atoms. The van der Waals surface area contributed by atoms with Gasteiger partial charge in [-0.2, -0.15) is 0 Å². The van der Waals surface area contributed by atoms with Crippen LogP contribution in [0.25, 0.3) is 0 Å². The minimum Gasteiger partial charge on any atom is -0.478 e. The van der Waals surface area contributed by atoms with Crippen LogP contribution in [0.4, 0.5) is 0 Å². The van der Waals surface area contributed by atoms with Crippen LogP contribution in [0.5, 0.6) is 0 Å². The van der Waals surface area contributed by atoms with E-state index < -0.39 is 5.97 Å². The van der Waals surface area contributed by atoms with E-state index in [1.807, 2.05) is 12.2 Å². The summed E-state index contributed by atoms with van der Waals surface area (Å²) in [5, 5.41) is 8.22. The average Bonchev–Trinajstić information content (AvgIpc) is 2.02. The first-order chi connectivity index (χ1) is 5.77. The average molecular weight is 166 g/mol. The molecular weight excluding hydrogens is 152 g/mol. The monoisotopic (exact) mass is 166 g/mol. The molecule has 0 aliphatic heterocycles. The fourth-order valence-corrected chi connectivity index (χ4v) is 0.636. The van der Waals surface area contributed by atoms with Crippen LogP contribution in [-0.4, -0.2) is 11.1 Å². The van der Waals surface area contributed by atoms with Crippen molar-refractivity contribution in [2.24, 2.45) is 0 Å². The Bertz CT molecular complexity index is 200. The van der Waals surface area contributed by atoms with Crippen molar-refractivity contribution >= 4 is 5.97 Å². The van der Waals surface area contributed by atoms with Crippen molar-refractivity contribution in [1.29, 1.82) is 0 Å². The number of allylic oxidation sites excluding steroid dienone is 5. The lowest BCUT2D eigenvalue weighted by atomic mass is 10.3. The number of hydrogen-bond acceptors (Lipinski definition) is 1. The molecule has 66 valence electrons. The highest BCUT2D eigenvalue weighted by Crippen LogP contribution is 1.88. The Balaban J connectivity index is 3.50. The van der Waals surface area contributed by atoms with Crippen molar-refractivity contribution in [3.05, 3.63) is 36.5 Å². The van der Waals surface area contributed by atoms with Gasteiger partial charge in [0, 0.05) is 6.08 Å². The number of aliphatic carboxylic acids is 1. The Morgan fingerprint density at radius 2 is 2.00 bits per heavy atom. The molecule has 0 aromatic carbocycles. The summed E-state index contributed by atoms with van der Waals surface area (Å²) in [6.07, 6.45) is 12.3. The van der Waals surface area contributed by atoms with Gasteiger partial charge in [-0.15, -0.1) is 0 Å². The molecule has 2 nitrogen and oxygen atoms in total. The number of carboxylic acid groups (broad SMARTS) is 1. The molecule has 0 saturated heterocycles. The zero-order valence-electron chi connectivity index (χ0n) is 7.23. The van der Waals surface area contributed by atoms with Crippen molar-refractivity contribution in [2.45, 2.75) is 19.8 Å². The van der Waals surface area contributed by atoms with Gasteiger partial charge in [0.1, 0.15) is 0 Å². The highest BCUT2D eigenvalue weighted by molar-refractivity contribution is 5.80. The first-order valence-corrected chi connectivity index (χ1v) is 3.98. The second-order valence-electron chi connectivity index (χ2n) is 2.24. The van der Waals surface area contributed by atoms with Gasteiger partial charge in [0.05, 0.1) is 0 Å². The van der Waals surface area contributed by atoms with E-state index in [9.17, 15) is 4.79 Å². The van der Waals surface area contributed by atoms with Crippen LogP contribution in [-0.2, 0) is 4.79 Å². The van der Waals surface area contributed by atoms with Crippen LogP contribution in [0.15, 0.2) is 36.5 Å². The highest BCUT2D eigenvalue weighted by Gasteiger charge is 1.79. The molecule has 0 aromatic rings. The zero-order chi connectivity index (χ0) is 9.23. The molecule has 0 unspecified atom stereocenters. The summed E-state index contributed by atoms with van der Waals surface area (Å²) in [7, 11) is 0. The number of hydrogen-bond donors (Lipinski definition) is 1. The third-order valence-electron chi connectivity index (χ3n) is 1.16. The SMILES string of the molecule is CCC=CCC=C/C=C/C(=O)O. The van der Waals surface area contributed by atoms with Crippen molar-refractivity contribution in [3.63, 3.8) is 0 Å². The number of carboxylic acids is 1. The Morgan fingerprint density at radius 1 is 1.25 bits per heavy atom. The molecule has 0 fully saturated rings. The normalized spacial score (nSPS) is 12.1. The molecule has 0 heterocycles. The number of rotatable bonds is 5. The van der Waals surface area contributed by atoms with Gasteiger partial charge in [0.25, 0.3) is 0 Å². The summed E-state index contributed by atoms with van der Waals surface area (Å²) >= 11 is 0. The lowest BCUT2D eigenvalue weighted by molar-refractivity contribution is -0.131. The Kier molecular flexibility index (Phi) is 6.94. The standard InChI is InChI=1S/C10H14O2/c1-2-3-4-5-6-7-8-9-10(11)12/h3-4,6-9H,2,5H2,1H3,(H,11,12)/b4-3?,7-6?,9-8+. The lowest BCUT2D eigenvalue weighted by Crippen LogP contribution is -1.84. The van der Waals surface area contributed by atoms with Crippen LogP contribution in [0.3, 0.4) is 0 Å². The van der Waals surface area contributed by atoms with Crippen LogP contribution in [0, 0.1) is 0 Å². The molecule has 0 aliphatic rings. The van der Waals surface area contributed by atoms with Crippen molar-refractivity contribution < 1.29 is 9.90 Å². The molecule has 0 atom stereocenters. The largest absolute Gasteiger partial charge is 0.478 e. The van der Waals surface area contributed by atoms with E-state index in [1.54, 1.807) is 6.08 Å². The topological polar surface area (TPSA) is 37.3 Å². The fourth-order valence-electron chi connectivity index (χ4n) is 0.636. The summed E-state index contributed by atoms with van der Waals surface area (Å²) in [6, 6.07) is 0. The molecule has 0 radical (unpaired) electrons. The first kappa shape index (κ1) is 10.7. The molecule has 1 N–H and O–H groups in total. The molecular formula is C10H14O2. The maximum atomic E-state index is 10.00. The van der Waals surface area contributed by atoms with Crippen molar-refractivity contribution in [1.82, 2.24) is 0 Å². The van der Waals surface area contributed by atoms with E-state index in [4.69, 9.17) is 5.11 Å². The molecule has 0 rings (SSSR count). The summed E-state index contributed by atoms with van der Waals surface area (Å²) in [5.41, 5.74) is 0. The predicted molar refractivity (Wildman–Crippen MR) is 50.0 cm³/mol. The van der Waals surface area contributed by atoms with Gasteiger partial charge in [0.2, 0.25) is 0 Å². The lowest BCUT2D eigenvalue weighted by Gasteiger charge is -1.79. The smallest absolute Gasteiger partial charge is 0.328 e. The Labute approximate surface area is 72.9 Å². The zero-order valence-corrected chi connectivity index (χ0v) is 7.23.